The third-order valence-corrected chi connectivity index (χ3v) is 4.65. The SMILES string of the molecule is CCCOC(Cc1ccc(OC)c(C(=O)NCc2ccc(C(F)(F)F)cc2)c1)C(=O)OC. The van der Waals surface area contributed by atoms with Crippen LogP contribution < -0.4 is 10.1 Å². The highest BCUT2D eigenvalue weighted by Crippen LogP contribution is 2.29. The van der Waals surface area contributed by atoms with Crippen LogP contribution in [0.4, 0.5) is 13.2 Å². The lowest BCUT2D eigenvalue weighted by molar-refractivity contribution is -0.154. The minimum atomic E-state index is -4.42. The molecule has 1 amide bonds. The van der Waals surface area contributed by atoms with Crippen molar-refractivity contribution in [3.8, 4) is 5.75 Å². The van der Waals surface area contributed by atoms with Crippen LogP contribution in [0.2, 0.25) is 0 Å². The zero-order valence-electron chi connectivity index (χ0n) is 18.1. The smallest absolute Gasteiger partial charge is 0.416 e. The lowest BCUT2D eigenvalue weighted by atomic mass is 10.0. The number of halogens is 3. The van der Waals surface area contributed by atoms with Gasteiger partial charge in [0.25, 0.3) is 5.91 Å². The van der Waals surface area contributed by atoms with E-state index in [-0.39, 0.29) is 18.5 Å². The van der Waals surface area contributed by atoms with Crippen molar-refractivity contribution in [3.63, 3.8) is 0 Å². The highest BCUT2D eigenvalue weighted by molar-refractivity contribution is 5.97. The molecule has 9 heteroatoms. The second-order valence-electron chi connectivity index (χ2n) is 7.00. The van der Waals surface area contributed by atoms with Crippen molar-refractivity contribution in [1.82, 2.24) is 5.32 Å². The number of methoxy groups -OCH3 is 2. The fourth-order valence-corrected chi connectivity index (χ4v) is 2.96. The van der Waals surface area contributed by atoms with Crippen molar-refractivity contribution in [2.75, 3.05) is 20.8 Å². The lowest BCUT2D eigenvalue weighted by Crippen LogP contribution is -2.29. The van der Waals surface area contributed by atoms with E-state index in [2.05, 4.69) is 5.32 Å². The largest absolute Gasteiger partial charge is 0.496 e. The number of rotatable bonds is 10. The molecule has 0 aliphatic carbocycles. The van der Waals surface area contributed by atoms with Crippen LogP contribution in [-0.2, 0) is 33.4 Å². The van der Waals surface area contributed by atoms with Gasteiger partial charge in [-0.25, -0.2) is 4.79 Å². The molecule has 1 atom stereocenters. The van der Waals surface area contributed by atoms with Crippen LogP contribution in [0.5, 0.6) is 5.75 Å². The van der Waals surface area contributed by atoms with Gasteiger partial charge in [-0.15, -0.1) is 0 Å². The fraction of sp³-hybridized carbons (Fsp3) is 0.391. The Hall–Kier alpha value is -3.07. The summed E-state index contributed by atoms with van der Waals surface area (Å²) in [6, 6.07) is 9.46. The van der Waals surface area contributed by atoms with Crippen molar-refractivity contribution < 1.29 is 37.0 Å². The first-order valence-electron chi connectivity index (χ1n) is 10.00. The van der Waals surface area contributed by atoms with Gasteiger partial charge in [0.2, 0.25) is 0 Å². The summed E-state index contributed by atoms with van der Waals surface area (Å²) in [4.78, 5) is 24.7. The van der Waals surface area contributed by atoms with Crippen molar-refractivity contribution >= 4 is 11.9 Å². The van der Waals surface area contributed by atoms with Crippen molar-refractivity contribution in [2.45, 2.75) is 38.6 Å². The molecule has 2 aromatic carbocycles. The second kappa shape index (κ2) is 11.5. The number of ether oxygens (including phenoxy) is 3. The summed E-state index contributed by atoms with van der Waals surface area (Å²) in [5, 5.41) is 2.67. The monoisotopic (exact) mass is 453 g/mol. The molecule has 174 valence electrons. The van der Waals surface area contributed by atoms with Gasteiger partial charge in [-0.05, 0) is 41.8 Å². The molecule has 2 rings (SSSR count). The van der Waals surface area contributed by atoms with E-state index in [4.69, 9.17) is 14.2 Å². The Morgan fingerprint density at radius 3 is 2.25 bits per heavy atom. The molecule has 32 heavy (non-hydrogen) atoms. The summed E-state index contributed by atoms with van der Waals surface area (Å²) in [7, 11) is 2.70. The Morgan fingerprint density at radius 2 is 1.69 bits per heavy atom. The average molecular weight is 453 g/mol. The molecule has 1 unspecified atom stereocenters. The van der Waals surface area contributed by atoms with Gasteiger partial charge in [0.15, 0.2) is 6.10 Å². The quantitative estimate of drug-likeness (QED) is 0.547. The Labute approximate surface area is 184 Å². The number of carbonyl (C=O) groups excluding carboxylic acids is 2. The molecule has 0 aromatic heterocycles. The normalized spacial score (nSPS) is 12.2. The second-order valence-corrected chi connectivity index (χ2v) is 7.00. The van der Waals surface area contributed by atoms with E-state index < -0.39 is 29.7 Å². The Kier molecular flexibility index (Phi) is 9.07. The van der Waals surface area contributed by atoms with Crippen molar-refractivity contribution in [3.05, 3.63) is 64.7 Å². The van der Waals surface area contributed by atoms with E-state index in [9.17, 15) is 22.8 Å². The summed E-state index contributed by atoms with van der Waals surface area (Å²) in [5.41, 5.74) is 0.653. The first kappa shape index (κ1) is 25.2. The third-order valence-electron chi connectivity index (χ3n) is 4.65. The van der Waals surface area contributed by atoms with Gasteiger partial charge < -0.3 is 19.5 Å². The van der Waals surface area contributed by atoms with Crippen LogP contribution in [0.25, 0.3) is 0 Å². The Bertz CT molecular complexity index is 913. The number of alkyl halides is 3. The Morgan fingerprint density at radius 1 is 1.03 bits per heavy atom. The first-order valence-corrected chi connectivity index (χ1v) is 10.00. The minimum Gasteiger partial charge on any atom is -0.496 e. The molecule has 1 N–H and O–H groups in total. The predicted octanol–water partition coefficient (Wildman–Crippen LogP) is 4.15. The van der Waals surface area contributed by atoms with Crippen LogP contribution in [0.1, 0.15) is 40.4 Å². The highest BCUT2D eigenvalue weighted by atomic mass is 19.4. The molecule has 0 bridgehead atoms. The summed E-state index contributed by atoms with van der Waals surface area (Å²) in [6.45, 7) is 2.34. The molecule has 6 nitrogen and oxygen atoms in total. The Balaban J connectivity index is 2.13. The van der Waals surface area contributed by atoms with Gasteiger partial charge >= 0.3 is 12.1 Å². The maximum Gasteiger partial charge on any atom is 0.416 e. The topological polar surface area (TPSA) is 73.9 Å². The van der Waals surface area contributed by atoms with Crippen LogP contribution in [-0.4, -0.2) is 38.8 Å². The molecule has 0 spiro atoms. The highest BCUT2D eigenvalue weighted by Gasteiger charge is 2.30. The average Bonchev–Trinajstić information content (AvgIpc) is 2.79. The van der Waals surface area contributed by atoms with Crippen LogP contribution >= 0.6 is 0 Å². The maximum atomic E-state index is 12.7. The number of hydrogen-bond donors (Lipinski definition) is 1. The number of nitrogens with one attached hydrogen (secondary N) is 1. The summed E-state index contributed by atoms with van der Waals surface area (Å²) >= 11 is 0. The van der Waals surface area contributed by atoms with Gasteiger partial charge in [-0.2, -0.15) is 13.2 Å². The predicted molar refractivity (Wildman–Crippen MR) is 111 cm³/mol. The summed E-state index contributed by atoms with van der Waals surface area (Å²) in [6.07, 6.45) is -4.29. The lowest BCUT2D eigenvalue weighted by Gasteiger charge is -2.17. The van der Waals surface area contributed by atoms with Crippen LogP contribution in [0, 0.1) is 0 Å². The third kappa shape index (κ3) is 6.98. The number of esters is 1. The molecule has 0 fully saturated rings. The van der Waals surface area contributed by atoms with Gasteiger partial charge in [0, 0.05) is 19.6 Å². The van der Waals surface area contributed by atoms with Crippen molar-refractivity contribution in [2.24, 2.45) is 0 Å². The number of amides is 1. The summed E-state index contributed by atoms with van der Waals surface area (Å²) < 4.78 is 53.7. The fourth-order valence-electron chi connectivity index (χ4n) is 2.96. The standard InChI is InChI=1S/C23H26F3NO5/c1-4-11-32-20(22(29)31-3)13-16-7-10-19(30-2)18(12-16)21(28)27-14-15-5-8-17(9-6-15)23(24,25)26/h5-10,12,20H,4,11,13-14H2,1-3H3,(H,27,28). The molecule has 0 radical (unpaired) electrons. The number of hydrogen-bond acceptors (Lipinski definition) is 5. The van der Waals surface area contributed by atoms with E-state index in [1.165, 1.54) is 26.4 Å². The van der Waals surface area contributed by atoms with Gasteiger partial charge in [0.05, 0.1) is 25.3 Å². The van der Waals surface area contributed by atoms with E-state index in [1.807, 2.05) is 6.92 Å². The van der Waals surface area contributed by atoms with Gasteiger partial charge in [-0.3, -0.25) is 4.79 Å². The molecule has 0 saturated heterocycles. The molecular weight excluding hydrogens is 427 g/mol. The maximum absolute atomic E-state index is 12.7. The van der Waals surface area contributed by atoms with Gasteiger partial charge in [-0.1, -0.05) is 25.1 Å². The zero-order valence-corrected chi connectivity index (χ0v) is 18.1. The van der Waals surface area contributed by atoms with Crippen LogP contribution in [0.15, 0.2) is 42.5 Å². The molecule has 0 heterocycles. The molecule has 2 aromatic rings. The number of carbonyl (C=O) groups is 2. The van der Waals surface area contributed by atoms with E-state index in [0.29, 0.717) is 23.5 Å². The molecule has 0 aliphatic heterocycles. The minimum absolute atomic E-state index is 0.0365. The zero-order chi connectivity index (χ0) is 23.7. The van der Waals surface area contributed by atoms with E-state index in [1.54, 1.807) is 18.2 Å². The van der Waals surface area contributed by atoms with E-state index >= 15 is 0 Å². The molecular formula is C23H26F3NO5. The summed E-state index contributed by atoms with van der Waals surface area (Å²) in [5.74, 6) is -0.655. The van der Waals surface area contributed by atoms with Crippen molar-refractivity contribution in [1.29, 1.82) is 0 Å². The van der Waals surface area contributed by atoms with Crippen LogP contribution in [0.3, 0.4) is 0 Å². The molecule has 0 saturated carbocycles. The molecule has 0 aliphatic rings. The van der Waals surface area contributed by atoms with Gasteiger partial charge in [0.1, 0.15) is 5.75 Å². The number of benzene rings is 2. The van der Waals surface area contributed by atoms with E-state index in [0.717, 1.165) is 18.6 Å². The first-order chi connectivity index (χ1) is 15.2.